The first-order chi connectivity index (χ1) is 8.69. The van der Waals surface area contributed by atoms with Gasteiger partial charge < -0.3 is 5.32 Å². The highest BCUT2D eigenvalue weighted by atomic mass is 19.1. The zero-order valence-corrected chi connectivity index (χ0v) is 10.2. The van der Waals surface area contributed by atoms with E-state index in [1.54, 1.807) is 7.05 Å². The summed E-state index contributed by atoms with van der Waals surface area (Å²) in [5, 5.41) is 3.09. The molecule has 0 radical (unpaired) electrons. The molecule has 1 nitrogen and oxygen atoms in total. The fourth-order valence-corrected chi connectivity index (χ4v) is 2.01. The molecule has 0 aliphatic carbocycles. The molecule has 3 heteroatoms. The summed E-state index contributed by atoms with van der Waals surface area (Å²) in [7, 11) is 1.79. The zero-order chi connectivity index (χ0) is 13.0. The van der Waals surface area contributed by atoms with Crippen molar-refractivity contribution >= 4 is 0 Å². The van der Waals surface area contributed by atoms with Crippen molar-refractivity contribution in [2.45, 2.75) is 12.5 Å². The van der Waals surface area contributed by atoms with Crippen LogP contribution in [0.5, 0.6) is 0 Å². The minimum atomic E-state index is -0.543. The van der Waals surface area contributed by atoms with Gasteiger partial charge in [-0.1, -0.05) is 30.3 Å². The van der Waals surface area contributed by atoms with Crippen LogP contribution < -0.4 is 5.32 Å². The molecule has 0 aromatic heterocycles. The molecule has 1 unspecified atom stereocenters. The third-order valence-corrected chi connectivity index (χ3v) is 2.92. The first-order valence-electron chi connectivity index (χ1n) is 5.86. The lowest BCUT2D eigenvalue weighted by Gasteiger charge is -2.17. The van der Waals surface area contributed by atoms with Crippen LogP contribution in [0.3, 0.4) is 0 Å². The highest BCUT2D eigenvalue weighted by Gasteiger charge is 2.12. The maximum absolute atomic E-state index is 13.2. The van der Waals surface area contributed by atoms with Crippen molar-refractivity contribution in [1.82, 2.24) is 5.32 Å². The number of benzene rings is 2. The van der Waals surface area contributed by atoms with Gasteiger partial charge in [0.05, 0.1) is 0 Å². The molecule has 0 saturated carbocycles. The molecule has 18 heavy (non-hydrogen) atoms. The predicted octanol–water partition coefficient (Wildman–Crippen LogP) is 3.47. The van der Waals surface area contributed by atoms with E-state index in [0.29, 0.717) is 12.0 Å². The van der Waals surface area contributed by atoms with Crippen molar-refractivity contribution in [3.8, 4) is 0 Å². The Bertz CT molecular complexity index is 491. The SMILES string of the molecule is CNC(Cc1ccccc1)c1cc(F)cc(F)c1. The number of halogens is 2. The molecule has 0 aliphatic rings. The molecule has 2 aromatic carbocycles. The van der Waals surface area contributed by atoms with Crippen LogP contribution in [0.15, 0.2) is 48.5 Å². The van der Waals surface area contributed by atoms with Crippen LogP contribution in [0, 0.1) is 11.6 Å². The van der Waals surface area contributed by atoms with Crippen LogP contribution in [-0.4, -0.2) is 7.05 Å². The molecule has 1 N–H and O–H groups in total. The first kappa shape index (κ1) is 12.7. The second kappa shape index (κ2) is 5.74. The minimum Gasteiger partial charge on any atom is -0.313 e. The van der Waals surface area contributed by atoms with Crippen LogP contribution in [0.1, 0.15) is 17.2 Å². The molecule has 2 aromatic rings. The van der Waals surface area contributed by atoms with Crippen LogP contribution in [0.2, 0.25) is 0 Å². The van der Waals surface area contributed by atoms with Gasteiger partial charge in [-0.25, -0.2) is 8.78 Å². The van der Waals surface area contributed by atoms with Gasteiger partial charge in [0.1, 0.15) is 11.6 Å². The summed E-state index contributed by atoms with van der Waals surface area (Å²) in [6, 6.07) is 13.4. The van der Waals surface area contributed by atoms with Gasteiger partial charge in [-0.15, -0.1) is 0 Å². The smallest absolute Gasteiger partial charge is 0.126 e. The fourth-order valence-electron chi connectivity index (χ4n) is 2.01. The van der Waals surface area contributed by atoms with E-state index in [1.165, 1.54) is 12.1 Å². The van der Waals surface area contributed by atoms with Crippen molar-refractivity contribution in [3.05, 3.63) is 71.3 Å². The quantitative estimate of drug-likeness (QED) is 0.872. The molecule has 0 aliphatic heterocycles. The Morgan fingerprint density at radius 2 is 1.61 bits per heavy atom. The van der Waals surface area contributed by atoms with Gasteiger partial charge in [-0.2, -0.15) is 0 Å². The highest BCUT2D eigenvalue weighted by Crippen LogP contribution is 2.20. The molecule has 0 amide bonds. The Labute approximate surface area is 105 Å². The van der Waals surface area contributed by atoms with E-state index in [9.17, 15) is 8.78 Å². The van der Waals surface area contributed by atoms with Crippen molar-refractivity contribution in [2.24, 2.45) is 0 Å². The Kier molecular flexibility index (Phi) is 4.05. The van der Waals surface area contributed by atoms with Gasteiger partial charge in [0.25, 0.3) is 0 Å². The third kappa shape index (κ3) is 3.14. The zero-order valence-electron chi connectivity index (χ0n) is 10.2. The van der Waals surface area contributed by atoms with Crippen LogP contribution in [0.25, 0.3) is 0 Å². The van der Waals surface area contributed by atoms with E-state index < -0.39 is 11.6 Å². The van der Waals surface area contributed by atoms with E-state index >= 15 is 0 Å². The number of nitrogens with one attached hydrogen (secondary N) is 1. The maximum atomic E-state index is 13.2. The lowest BCUT2D eigenvalue weighted by atomic mass is 9.99. The first-order valence-corrected chi connectivity index (χ1v) is 5.86. The summed E-state index contributed by atoms with van der Waals surface area (Å²) in [5.41, 5.74) is 1.75. The monoisotopic (exact) mass is 247 g/mol. The fraction of sp³-hybridized carbons (Fsp3) is 0.200. The van der Waals surface area contributed by atoms with Gasteiger partial charge in [0.2, 0.25) is 0 Å². The van der Waals surface area contributed by atoms with E-state index in [0.717, 1.165) is 11.6 Å². The normalized spacial score (nSPS) is 12.4. The molecule has 0 bridgehead atoms. The molecular formula is C15H15F2N. The Morgan fingerprint density at radius 3 is 2.17 bits per heavy atom. The molecule has 1 atom stereocenters. The summed E-state index contributed by atoms with van der Waals surface area (Å²) < 4.78 is 26.4. The van der Waals surface area contributed by atoms with Gasteiger partial charge in [0, 0.05) is 12.1 Å². The average Bonchev–Trinajstić information content (AvgIpc) is 2.36. The van der Waals surface area contributed by atoms with E-state index in [2.05, 4.69) is 5.32 Å². The van der Waals surface area contributed by atoms with Crippen molar-refractivity contribution < 1.29 is 8.78 Å². The topological polar surface area (TPSA) is 12.0 Å². The number of hydrogen-bond donors (Lipinski definition) is 1. The number of likely N-dealkylation sites (N-methyl/N-ethyl adjacent to an activating group) is 1. The van der Waals surface area contributed by atoms with E-state index in [-0.39, 0.29) is 6.04 Å². The predicted molar refractivity (Wildman–Crippen MR) is 68.3 cm³/mol. The van der Waals surface area contributed by atoms with Gasteiger partial charge in [0.15, 0.2) is 0 Å². The van der Waals surface area contributed by atoms with Crippen LogP contribution in [-0.2, 0) is 6.42 Å². The van der Waals surface area contributed by atoms with Gasteiger partial charge >= 0.3 is 0 Å². The van der Waals surface area contributed by atoms with E-state index in [1.807, 2.05) is 30.3 Å². The lowest BCUT2D eigenvalue weighted by Crippen LogP contribution is -2.19. The molecule has 0 spiro atoms. The number of hydrogen-bond acceptors (Lipinski definition) is 1. The minimum absolute atomic E-state index is 0.0994. The third-order valence-electron chi connectivity index (χ3n) is 2.92. The van der Waals surface area contributed by atoms with Crippen molar-refractivity contribution in [3.63, 3.8) is 0 Å². The Morgan fingerprint density at radius 1 is 1.00 bits per heavy atom. The highest BCUT2D eigenvalue weighted by molar-refractivity contribution is 5.25. The van der Waals surface area contributed by atoms with E-state index in [4.69, 9.17) is 0 Å². The second-order valence-electron chi connectivity index (χ2n) is 4.23. The van der Waals surface area contributed by atoms with Crippen LogP contribution in [0.4, 0.5) is 8.78 Å². The summed E-state index contributed by atoms with van der Waals surface area (Å²) in [4.78, 5) is 0. The maximum Gasteiger partial charge on any atom is 0.126 e. The summed E-state index contributed by atoms with van der Waals surface area (Å²) >= 11 is 0. The standard InChI is InChI=1S/C15H15F2N/c1-18-15(7-11-5-3-2-4-6-11)12-8-13(16)10-14(17)9-12/h2-6,8-10,15,18H,7H2,1H3. The average molecular weight is 247 g/mol. The lowest BCUT2D eigenvalue weighted by molar-refractivity contribution is 0.551. The molecule has 2 rings (SSSR count). The van der Waals surface area contributed by atoms with Gasteiger partial charge in [-0.3, -0.25) is 0 Å². The van der Waals surface area contributed by atoms with Crippen LogP contribution >= 0.6 is 0 Å². The molecule has 0 saturated heterocycles. The second-order valence-corrected chi connectivity index (χ2v) is 4.23. The summed E-state index contributed by atoms with van der Waals surface area (Å²) in [6.45, 7) is 0. The summed E-state index contributed by atoms with van der Waals surface area (Å²) in [5.74, 6) is -1.09. The number of rotatable bonds is 4. The molecule has 0 heterocycles. The Balaban J connectivity index is 2.23. The molecule has 94 valence electrons. The van der Waals surface area contributed by atoms with Crippen molar-refractivity contribution in [2.75, 3.05) is 7.05 Å². The molecular weight excluding hydrogens is 232 g/mol. The van der Waals surface area contributed by atoms with Gasteiger partial charge in [-0.05, 0) is 36.7 Å². The Hall–Kier alpha value is -1.74. The largest absolute Gasteiger partial charge is 0.313 e. The van der Waals surface area contributed by atoms with Crippen molar-refractivity contribution in [1.29, 1.82) is 0 Å². The molecule has 0 fully saturated rings. The summed E-state index contributed by atoms with van der Waals surface area (Å²) in [6.07, 6.45) is 0.695.